The minimum atomic E-state index is 0.498. The molecule has 0 saturated heterocycles. The van der Waals surface area contributed by atoms with Crippen LogP contribution in [-0.2, 0) is 0 Å². The molecule has 0 radical (unpaired) electrons. The van der Waals surface area contributed by atoms with Gasteiger partial charge in [0, 0.05) is 6.20 Å². The number of halogens is 1. The number of hydrogen-bond acceptors (Lipinski definition) is 3. The van der Waals surface area contributed by atoms with E-state index in [0.717, 1.165) is 4.47 Å². The second-order valence-corrected chi connectivity index (χ2v) is 3.07. The van der Waals surface area contributed by atoms with E-state index in [1.54, 1.807) is 16.9 Å². The van der Waals surface area contributed by atoms with Crippen molar-refractivity contribution in [2.24, 2.45) is 0 Å². The minimum absolute atomic E-state index is 0.498. The number of rotatable bonds is 0. The van der Waals surface area contributed by atoms with Crippen molar-refractivity contribution in [1.29, 1.82) is 5.26 Å². The summed E-state index contributed by atoms with van der Waals surface area (Å²) in [5.41, 5.74) is 1.21. The quantitative estimate of drug-likeness (QED) is 0.677. The molecule has 0 fully saturated rings. The molecule has 2 aromatic heterocycles. The van der Waals surface area contributed by atoms with Gasteiger partial charge in [-0.25, -0.2) is 9.50 Å². The van der Waals surface area contributed by atoms with Crippen LogP contribution in [-0.4, -0.2) is 14.6 Å². The molecule has 2 heterocycles. The average molecular weight is 223 g/mol. The summed E-state index contributed by atoms with van der Waals surface area (Å²) < 4.78 is 2.38. The third-order valence-corrected chi connectivity index (χ3v) is 2.00. The van der Waals surface area contributed by atoms with Crippen molar-refractivity contribution in [2.45, 2.75) is 0 Å². The maximum absolute atomic E-state index is 8.56. The second kappa shape index (κ2) is 2.57. The van der Waals surface area contributed by atoms with E-state index in [0.29, 0.717) is 11.2 Å². The topological polar surface area (TPSA) is 54.0 Å². The Balaban J connectivity index is 2.80. The van der Waals surface area contributed by atoms with Crippen LogP contribution in [0, 0.1) is 11.3 Å². The first-order chi connectivity index (χ1) is 5.81. The summed E-state index contributed by atoms with van der Waals surface area (Å²) >= 11 is 3.28. The number of nitriles is 1. The molecular weight excluding hydrogens is 220 g/mol. The van der Waals surface area contributed by atoms with Crippen molar-refractivity contribution >= 4 is 21.6 Å². The van der Waals surface area contributed by atoms with Crippen LogP contribution in [0.4, 0.5) is 0 Å². The zero-order valence-electron chi connectivity index (χ0n) is 5.90. The Bertz CT molecular complexity index is 468. The zero-order chi connectivity index (χ0) is 8.55. The van der Waals surface area contributed by atoms with E-state index in [2.05, 4.69) is 26.0 Å². The summed E-state index contributed by atoms with van der Waals surface area (Å²) in [4.78, 5) is 4.04. The molecule has 0 unspecified atom stereocenters. The van der Waals surface area contributed by atoms with E-state index < -0.39 is 0 Å². The predicted molar refractivity (Wildman–Crippen MR) is 45.4 cm³/mol. The fourth-order valence-electron chi connectivity index (χ4n) is 0.904. The Labute approximate surface area is 76.6 Å². The lowest BCUT2D eigenvalue weighted by Crippen LogP contribution is -1.90. The van der Waals surface area contributed by atoms with Crippen molar-refractivity contribution < 1.29 is 0 Å². The summed E-state index contributed by atoms with van der Waals surface area (Å²) in [5, 5.41) is 12.5. The lowest BCUT2D eigenvalue weighted by atomic mass is 10.4. The van der Waals surface area contributed by atoms with E-state index in [4.69, 9.17) is 5.26 Å². The van der Waals surface area contributed by atoms with Crippen LogP contribution in [0.3, 0.4) is 0 Å². The molecule has 0 bridgehead atoms. The first-order valence-corrected chi connectivity index (χ1v) is 3.99. The summed E-state index contributed by atoms with van der Waals surface area (Å²) in [7, 11) is 0. The second-order valence-electron chi connectivity index (χ2n) is 2.22. The van der Waals surface area contributed by atoms with Crippen molar-refractivity contribution in [3.63, 3.8) is 0 Å². The normalized spacial score (nSPS) is 10.0. The van der Waals surface area contributed by atoms with E-state index >= 15 is 0 Å². The molecule has 0 saturated carbocycles. The number of aromatic nitrogens is 3. The third kappa shape index (κ3) is 0.970. The largest absolute Gasteiger partial charge is 0.235 e. The molecule has 2 rings (SSSR count). The fraction of sp³-hybridized carbons (Fsp3) is 0. The van der Waals surface area contributed by atoms with Crippen LogP contribution in [0.1, 0.15) is 5.56 Å². The molecular formula is C7H3BrN4. The maximum Gasteiger partial charge on any atom is 0.169 e. The number of fused-ring (bicyclic) bond motifs is 1. The smallest absolute Gasteiger partial charge is 0.169 e. The van der Waals surface area contributed by atoms with E-state index in [9.17, 15) is 0 Å². The van der Waals surface area contributed by atoms with Crippen molar-refractivity contribution in [2.75, 3.05) is 0 Å². The van der Waals surface area contributed by atoms with Gasteiger partial charge in [-0.3, -0.25) is 0 Å². The minimum Gasteiger partial charge on any atom is -0.235 e. The molecule has 0 N–H and O–H groups in total. The van der Waals surface area contributed by atoms with E-state index in [1.165, 1.54) is 6.20 Å². The SMILES string of the molecule is N#Cc1cnc2c(Br)cnn2c1. The van der Waals surface area contributed by atoms with Crippen LogP contribution >= 0.6 is 15.9 Å². The molecule has 5 heteroatoms. The van der Waals surface area contributed by atoms with E-state index in [1.807, 2.05) is 6.07 Å². The first kappa shape index (κ1) is 7.25. The number of nitrogens with zero attached hydrogens (tertiary/aromatic N) is 4. The van der Waals surface area contributed by atoms with Crippen LogP contribution in [0.5, 0.6) is 0 Å². The summed E-state index contributed by atoms with van der Waals surface area (Å²) in [6.45, 7) is 0. The van der Waals surface area contributed by atoms with Crippen LogP contribution in [0.25, 0.3) is 5.65 Å². The molecule has 0 amide bonds. The first-order valence-electron chi connectivity index (χ1n) is 3.20. The lowest BCUT2D eigenvalue weighted by Gasteiger charge is -1.91. The Kier molecular flexibility index (Phi) is 1.55. The molecule has 58 valence electrons. The highest BCUT2D eigenvalue weighted by Crippen LogP contribution is 2.14. The van der Waals surface area contributed by atoms with Gasteiger partial charge in [0.25, 0.3) is 0 Å². The van der Waals surface area contributed by atoms with Crippen molar-refractivity contribution in [3.05, 3.63) is 28.6 Å². The summed E-state index contributed by atoms with van der Waals surface area (Å²) in [6, 6.07) is 1.99. The standard InChI is InChI=1S/C7H3BrN4/c8-6-3-11-12-4-5(1-9)2-10-7(6)12/h2-4H. The molecule has 0 aliphatic heterocycles. The van der Waals surface area contributed by atoms with Gasteiger partial charge in [0.2, 0.25) is 0 Å². The van der Waals surface area contributed by atoms with Gasteiger partial charge in [-0.1, -0.05) is 0 Å². The molecule has 0 aliphatic rings. The lowest BCUT2D eigenvalue weighted by molar-refractivity contribution is 0.934. The Morgan fingerprint density at radius 2 is 2.33 bits per heavy atom. The zero-order valence-corrected chi connectivity index (χ0v) is 7.48. The Morgan fingerprint density at radius 3 is 3.08 bits per heavy atom. The molecule has 12 heavy (non-hydrogen) atoms. The number of hydrogen-bond donors (Lipinski definition) is 0. The summed E-state index contributed by atoms with van der Waals surface area (Å²) in [5.74, 6) is 0. The third-order valence-electron chi connectivity index (χ3n) is 1.44. The highest BCUT2D eigenvalue weighted by atomic mass is 79.9. The monoisotopic (exact) mass is 222 g/mol. The van der Waals surface area contributed by atoms with Crippen LogP contribution < -0.4 is 0 Å². The predicted octanol–water partition coefficient (Wildman–Crippen LogP) is 1.36. The van der Waals surface area contributed by atoms with Gasteiger partial charge in [-0.15, -0.1) is 0 Å². The highest BCUT2D eigenvalue weighted by molar-refractivity contribution is 9.10. The molecule has 2 aromatic rings. The molecule has 4 nitrogen and oxygen atoms in total. The average Bonchev–Trinajstić information content (AvgIpc) is 2.47. The Morgan fingerprint density at radius 1 is 1.50 bits per heavy atom. The summed E-state index contributed by atoms with van der Waals surface area (Å²) in [6.07, 6.45) is 4.79. The van der Waals surface area contributed by atoms with Crippen molar-refractivity contribution in [1.82, 2.24) is 14.6 Å². The molecule has 0 aromatic carbocycles. The fourth-order valence-corrected chi connectivity index (χ4v) is 1.28. The highest BCUT2D eigenvalue weighted by Gasteiger charge is 2.01. The van der Waals surface area contributed by atoms with Crippen LogP contribution in [0.2, 0.25) is 0 Å². The molecule has 0 aliphatic carbocycles. The molecule has 0 spiro atoms. The maximum atomic E-state index is 8.56. The van der Waals surface area contributed by atoms with Crippen LogP contribution in [0.15, 0.2) is 23.1 Å². The van der Waals surface area contributed by atoms with Gasteiger partial charge in [-0.2, -0.15) is 10.4 Å². The van der Waals surface area contributed by atoms with Crippen molar-refractivity contribution in [3.8, 4) is 6.07 Å². The molecule has 0 atom stereocenters. The van der Waals surface area contributed by atoms with E-state index in [-0.39, 0.29) is 0 Å². The van der Waals surface area contributed by atoms with Gasteiger partial charge in [0.05, 0.1) is 22.4 Å². The van der Waals surface area contributed by atoms with Gasteiger partial charge in [0.1, 0.15) is 6.07 Å². The van der Waals surface area contributed by atoms with Gasteiger partial charge >= 0.3 is 0 Å². The van der Waals surface area contributed by atoms with Gasteiger partial charge in [-0.05, 0) is 15.9 Å². The van der Waals surface area contributed by atoms with Gasteiger partial charge in [0.15, 0.2) is 5.65 Å². The van der Waals surface area contributed by atoms with Gasteiger partial charge < -0.3 is 0 Å². The Hall–Kier alpha value is -1.41.